The molecule has 0 aromatic carbocycles. The molecule has 0 spiro atoms. The molecule has 0 atom stereocenters. The molecule has 0 aliphatic heterocycles. The Morgan fingerprint density at radius 3 is 2.95 bits per heavy atom. The smallest absolute Gasteiger partial charge is 0.272 e. The minimum absolute atomic E-state index is 0.0471. The summed E-state index contributed by atoms with van der Waals surface area (Å²) < 4.78 is 4.15. The number of fused-ring (bicyclic) bond motifs is 3. The van der Waals surface area contributed by atoms with Crippen molar-refractivity contribution in [3.8, 4) is 0 Å². The normalized spacial score (nSPS) is 12.0. The van der Waals surface area contributed by atoms with Crippen molar-refractivity contribution in [2.45, 2.75) is 13.5 Å². The van der Waals surface area contributed by atoms with Crippen LogP contribution in [0.3, 0.4) is 0 Å². The molecule has 3 rings (SSSR count). The number of aromatic nitrogens is 4. The van der Waals surface area contributed by atoms with Gasteiger partial charge in [-0.1, -0.05) is 6.92 Å². The first-order valence-electron chi connectivity index (χ1n) is 6.80. The Balaban J connectivity index is 2.19. The zero-order chi connectivity index (χ0) is 15.0. The van der Waals surface area contributed by atoms with Crippen molar-refractivity contribution in [1.82, 2.24) is 24.1 Å². The van der Waals surface area contributed by atoms with Gasteiger partial charge in [0.15, 0.2) is 5.82 Å². The van der Waals surface area contributed by atoms with E-state index in [9.17, 15) is 4.79 Å². The fourth-order valence-electron chi connectivity index (χ4n) is 2.45. The van der Waals surface area contributed by atoms with Crippen molar-refractivity contribution >= 4 is 27.3 Å². The van der Waals surface area contributed by atoms with Crippen LogP contribution in [0.5, 0.6) is 0 Å². The van der Waals surface area contributed by atoms with Gasteiger partial charge in [-0.05, 0) is 18.0 Å². The lowest BCUT2D eigenvalue weighted by molar-refractivity contribution is 0.193. The van der Waals surface area contributed by atoms with Crippen LogP contribution in [-0.2, 0) is 13.6 Å². The summed E-state index contributed by atoms with van der Waals surface area (Å²) in [5, 5.41) is 19.4. The van der Waals surface area contributed by atoms with E-state index >= 15 is 0 Å². The highest BCUT2D eigenvalue weighted by molar-refractivity contribution is 7.17. The van der Waals surface area contributed by atoms with Gasteiger partial charge in [0.2, 0.25) is 5.78 Å². The topological polar surface area (TPSA) is 75.7 Å². The van der Waals surface area contributed by atoms with Crippen molar-refractivity contribution in [2.75, 3.05) is 19.7 Å². The van der Waals surface area contributed by atoms with Gasteiger partial charge in [-0.3, -0.25) is 18.7 Å². The van der Waals surface area contributed by atoms with Gasteiger partial charge in [0, 0.05) is 13.6 Å². The molecule has 0 amide bonds. The highest BCUT2D eigenvalue weighted by atomic mass is 32.1. The molecule has 0 aliphatic rings. The van der Waals surface area contributed by atoms with E-state index in [2.05, 4.69) is 15.1 Å². The molecular formula is C13H17N5O2S. The van der Waals surface area contributed by atoms with E-state index in [4.69, 9.17) is 5.11 Å². The number of hydrogen-bond acceptors (Lipinski definition) is 6. The molecule has 8 heteroatoms. The molecule has 0 aliphatic carbocycles. The standard InChI is InChI=1S/C13H17N5O2S/c1-3-17(5-6-19)8-10-14-15-13-16(2)12(20)11-9(18(10)13)4-7-21-11/h4,7,19H,3,5-6,8H2,1-2H3. The summed E-state index contributed by atoms with van der Waals surface area (Å²) in [6, 6.07) is 1.92. The van der Waals surface area contributed by atoms with Crippen LogP contribution in [0.25, 0.3) is 16.0 Å². The first-order chi connectivity index (χ1) is 10.2. The minimum atomic E-state index is -0.0471. The second kappa shape index (κ2) is 5.55. The lowest BCUT2D eigenvalue weighted by Gasteiger charge is -2.17. The summed E-state index contributed by atoms with van der Waals surface area (Å²) in [7, 11) is 1.71. The van der Waals surface area contributed by atoms with Crippen molar-refractivity contribution < 1.29 is 5.11 Å². The van der Waals surface area contributed by atoms with Crippen LogP contribution in [0, 0.1) is 0 Å². The van der Waals surface area contributed by atoms with Gasteiger partial charge in [-0.15, -0.1) is 21.5 Å². The predicted molar refractivity (Wildman–Crippen MR) is 81.6 cm³/mol. The van der Waals surface area contributed by atoms with Crippen LogP contribution in [0.15, 0.2) is 16.2 Å². The quantitative estimate of drug-likeness (QED) is 0.741. The molecule has 1 N–H and O–H groups in total. The van der Waals surface area contributed by atoms with E-state index < -0.39 is 0 Å². The minimum Gasteiger partial charge on any atom is -0.395 e. The van der Waals surface area contributed by atoms with Gasteiger partial charge < -0.3 is 5.11 Å². The fourth-order valence-corrected chi connectivity index (χ4v) is 3.30. The van der Waals surface area contributed by atoms with Crippen molar-refractivity contribution in [3.63, 3.8) is 0 Å². The molecule has 0 radical (unpaired) electrons. The van der Waals surface area contributed by atoms with E-state index in [0.29, 0.717) is 23.6 Å². The lowest BCUT2D eigenvalue weighted by Crippen LogP contribution is -2.27. The van der Waals surface area contributed by atoms with Crippen LogP contribution in [-0.4, -0.2) is 48.9 Å². The van der Waals surface area contributed by atoms with Crippen LogP contribution in [0.1, 0.15) is 12.7 Å². The second-order valence-corrected chi connectivity index (χ2v) is 5.76. The number of thiophene rings is 1. The predicted octanol–water partition coefficient (Wildman–Crippen LogP) is 0.457. The van der Waals surface area contributed by atoms with E-state index in [-0.39, 0.29) is 12.2 Å². The molecule has 0 unspecified atom stereocenters. The molecule has 21 heavy (non-hydrogen) atoms. The molecule has 112 valence electrons. The maximum atomic E-state index is 12.2. The van der Waals surface area contributed by atoms with Gasteiger partial charge in [0.1, 0.15) is 4.70 Å². The Labute approximate surface area is 125 Å². The van der Waals surface area contributed by atoms with Crippen LogP contribution < -0.4 is 5.56 Å². The zero-order valence-corrected chi connectivity index (χ0v) is 12.8. The van der Waals surface area contributed by atoms with Gasteiger partial charge in [0.25, 0.3) is 5.56 Å². The fraction of sp³-hybridized carbons (Fsp3) is 0.462. The van der Waals surface area contributed by atoms with Gasteiger partial charge in [-0.2, -0.15) is 0 Å². The summed E-state index contributed by atoms with van der Waals surface area (Å²) in [5.41, 5.74) is 0.798. The van der Waals surface area contributed by atoms with E-state index in [1.54, 1.807) is 7.05 Å². The molecule has 3 heterocycles. The summed E-state index contributed by atoms with van der Waals surface area (Å²) >= 11 is 1.43. The van der Waals surface area contributed by atoms with Crippen LogP contribution >= 0.6 is 11.3 Å². The third-order valence-corrected chi connectivity index (χ3v) is 4.52. The maximum Gasteiger partial charge on any atom is 0.272 e. The molecule has 3 aromatic heterocycles. The largest absolute Gasteiger partial charge is 0.395 e. The Morgan fingerprint density at radius 2 is 2.24 bits per heavy atom. The van der Waals surface area contributed by atoms with Gasteiger partial charge in [0.05, 0.1) is 18.7 Å². The summed E-state index contributed by atoms with van der Waals surface area (Å²) in [4.78, 5) is 14.3. The number of likely N-dealkylation sites (N-methyl/N-ethyl adjacent to an activating group) is 1. The Bertz CT molecular complexity index is 834. The van der Waals surface area contributed by atoms with Crippen LogP contribution in [0.4, 0.5) is 0 Å². The van der Waals surface area contributed by atoms with Crippen molar-refractivity contribution in [3.05, 3.63) is 27.6 Å². The maximum absolute atomic E-state index is 12.2. The molecule has 0 fully saturated rings. The number of hydrogen-bond donors (Lipinski definition) is 1. The first kappa shape index (κ1) is 14.2. The molecule has 7 nitrogen and oxygen atoms in total. The van der Waals surface area contributed by atoms with Crippen molar-refractivity contribution in [1.29, 1.82) is 0 Å². The Morgan fingerprint density at radius 1 is 1.43 bits per heavy atom. The monoisotopic (exact) mass is 307 g/mol. The number of aliphatic hydroxyl groups is 1. The average Bonchev–Trinajstić information content (AvgIpc) is 3.10. The molecular weight excluding hydrogens is 290 g/mol. The Kier molecular flexibility index (Phi) is 3.75. The molecule has 0 bridgehead atoms. The van der Waals surface area contributed by atoms with Gasteiger partial charge >= 0.3 is 0 Å². The lowest BCUT2D eigenvalue weighted by atomic mass is 10.4. The highest BCUT2D eigenvalue weighted by Gasteiger charge is 2.16. The number of rotatable bonds is 5. The highest BCUT2D eigenvalue weighted by Crippen LogP contribution is 2.19. The number of aryl methyl sites for hydroxylation is 1. The Hall–Kier alpha value is -1.77. The van der Waals surface area contributed by atoms with Gasteiger partial charge in [-0.25, -0.2) is 0 Å². The average molecular weight is 307 g/mol. The number of aliphatic hydroxyl groups excluding tert-OH is 1. The molecule has 0 saturated heterocycles. The third-order valence-electron chi connectivity index (χ3n) is 3.63. The molecule has 3 aromatic rings. The number of nitrogens with zero attached hydrogens (tertiary/aromatic N) is 5. The summed E-state index contributed by atoms with van der Waals surface area (Å²) in [5.74, 6) is 1.32. The zero-order valence-electron chi connectivity index (χ0n) is 12.0. The summed E-state index contributed by atoms with van der Waals surface area (Å²) in [6.07, 6.45) is 0. The van der Waals surface area contributed by atoms with Crippen molar-refractivity contribution in [2.24, 2.45) is 7.05 Å². The first-order valence-corrected chi connectivity index (χ1v) is 7.68. The summed E-state index contributed by atoms with van der Waals surface area (Å²) in [6.45, 7) is 4.13. The SMILES string of the molecule is CCN(CCO)Cc1nnc2n(C)c(=O)c3sccc3n12. The second-order valence-electron chi connectivity index (χ2n) is 4.84. The van der Waals surface area contributed by atoms with E-state index in [1.807, 2.05) is 22.8 Å². The van der Waals surface area contributed by atoms with E-state index in [1.165, 1.54) is 15.9 Å². The van der Waals surface area contributed by atoms with Crippen LogP contribution in [0.2, 0.25) is 0 Å². The van der Waals surface area contributed by atoms with E-state index in [0.717, 1.165) is 17.9 Å². The molecule has 0 saturated carbocycles. The third kappa shape index (κ3) is 2.25.